The van der Waals surface area contributed by atoms with E-state index in [9.17, 15) is 9.18 Å². The van der Waals surface area contributed by atoms with Gasteiger partial charge in [0.05, 0.1) is 16.0 Å². The van der Waals surface area contributed by atoms with Crippen LogP contribution in [0.5, 0.6) is 0 Å². The summed E-state index contributed by atoms with van der Waals surface area (Å²) in [4.78, 5) is 16.7. The Balaban J connectivity index is 1.67. The molecule has 0 saturated carbocycles. The largest absolute Gasteiger partial charge is 0.324 e. The van der Waals surface area contributed by atoms with Crippen LogP contribution in [-0.2, 0) is 4.79 Å². The summed E-state index contributed by atoms with van der Waals surface area (Å²) in [5, 5.41) is 9.80. The summed E-state index contributed by atoms with van der Waals surface area (Å²) < 4.78 is 14.0. The number of amides is 1. The number of carbonyl (C=O) groups excluding carboxylic acids is 1. The first-order valence-electron chi connectivity index (χ1n) is 7.54. The Morgan fingerprint density at radius 1 is 1.35 bits per heavy atom. The molecule has 0 fully saturated rings. The number of aromatic amines is 1. The molecule has 3 aromatic rings. The maximum atomic E-state index is 13.1. The highest BCUT2D eigenvalue weighted by molar-refractivity contribution is 9.10. The third kappa shape index (κ3) is 4.44. The first kappa shape index (κ1) is 18.9. The van der Waals surface area contributed by atoms with Crippen LogP contribution in [0, 0.1) is 5.82 Å². The fourth-order valence-electron chi connectivity index (χ4n) is 2.11. The van der Waals surface area contributed by atoms with Gasteiger partial charge in [-0.05, 0) is 31.2 Å². The zero-order valence-electron chi connectivity index (χ0n) is 13.5. The molecule has 0 radical (unpaired) electrons. The lowest BCUT2D eigenvalue weighted by molar-refractivity contribution is -0.115. The molecule has 1 unspecified atom stereocenters. The van der Waals surface area contributed by atoms with Crippen molar-refractivity contribution in [1.82, 2.24) is 15.2 Å². The van der Waals surface area contributed by atoms with Gasteiger partial charge in [-0.15, -0.1) is 5.10 Å². The highest BCUT2D eigenvalue weighted by atomic mass is 79.9. The van der Waals surface area contributed by atoms with Crippen LogP contribution >= 0.6 is 39.3 Å². The zero-order chi connectivity index (χ0) is 18.7. The van der Waals surface area contributed by atoms with Crippen LogP contribution in [0.2, 0.25) is 5.02 Å². The van der Waals surface area contributed by atoms with Crippen LogP contribution < -0.4 is 5.32 Å². The highest BCUT2D eigenvalue weighted by Gasteiger charge is 2.19. The molecule has 2 N–H and O–H groups in total. The van der Waals surface area contributed by atoms with Crippen LogP contribution in [0.15, 0.2) is 52.1 Å². The molecule has 0 spiro atoms. The summed E-state index contributed by atoms with van der Waals surface area (Å²) in [7, 11) is 0. The van der Waals surface area contributed by atoms with E-state index in [-0.39, 0.29) is 10.9 Å². The average Bonchev–Trinajstić information content (AvgIpc) is 3.06. The van der Waals surface area contributed by atoms with Gasteiger partial charge in [0, 0.05) is 10.0 Å². The normalized spacial score (nSPS) is 12.0. The smallest absolute Gasteiger partial charge is 0.237 e. The fourth-order valence-corrected chi connectivity index (χ4v) is 3.52. The minimum absolute atomic E-state index is 0.143. The lowest BCUT2D eigenvalue weighted by Crippen LogP contribution is -2.22. The van der Waals surface area contributed by atoms with Gasteiger partial charge in [0.2, 0.25) is 11.1 Å². The van der Waals surface area contributed by atoms with E-state index in [0.29, 0.717) is 16.7 Å². The number of H-pyrrole nitrogens is 1. The lowest BCUT2D eigenvalue weighted by atomic mass is 10.2. The van der Waals surface area contributed by atoms with E-state index in [0.717, 1.165) is 16.1 Å². The number of benzene rings is 2. The molecule has 1 amide bonds. The molecule has 5 nitrogen and oxygen atoms in total. The Labute approximate surface area is 166 Å². The SMILES string of the molecule is CC(Sc1n[nH]c(-c2ccccc2Br)n1)C(=O)Nc1ccc(F)cc1Cl. The Morgan fingerprint density at radius 2 is 2.12 bits per heavy atom. The van der Waals surface area contributed by atoms with Crippen LogP contribution in [0.25, 0.3) is 11.4 Å². The van der Waals surface area contributed by atoms with Crippen molar-refractivity contribution in [3.8, 4) is 11.4 Å². The number of carbonyl (C=O) groups is 1. The topological polar surface area (TPSA) is 70.7 Å². The molecular weight excluding hydrogens is 443 g/mol. The maximum Gasteiger partial charge on any atom is 0.237 e. The van der Waals surface area contributed by atoms with Gasteiger partial charge in [-0.25, -0.2) is 9.37 Å². The van der Waals surface area contributed by atoms with E-state index in [1.54, 1.807) is 6.92 Å². The molecule has 0 aliphatic heterocycles. The fraction of sp³-hybridized carbons (Fsp3) is 0.118. The van der Waals surface area contributed by atoms with Crippen molar-refractivity contribution in [2.75, 3.05) is 5.32 Å². The van der Waals surface area contributed by atoms with E-state index in [1.165, 1.54) is 23.9 Å². The minimum atomic E-state index is -0.473. The van der Waals surface area contributed by atoms with Crippen molar-refractivity contribution >= 4 is 50.9 Å². The number of aromatic nitrogens is 3. The first-order valence-corrected chi connectivity index (χ1v) is 9.59. The third-order valence-corrected chi connectivity index (χ3v) is 5.40. The number of anilines is 1. The van der Waals surface area contributed by atoms with Gasteiger partial charge in [0.25, 0.3) is 0 Å². The van der Waals surface area contributed by atoms with Gasteiger partial charge in [-0.1, -0.05) is 57.5 Å². The quantitative estimate of drug-likeness (QED) is 0.522. The standard InChI is InChI=1S/C17H13BrClFN4OS/c1-9(16(25)21-14-7-6-10(20)8-13(14)19)26-17-22-15(23-24-17)11-4-2-3-5-12(11)18/h2-9H,1H3,(H,21,25)(H,22,23,24). The Kier molecular flexibility index (Phi) is 5.95. The molecule has 26 heavy (non-hydrogen) atoms. The summed E-state index contributed by atoms with van der Waals surface area (Å²) >= 11 is 10.6. The van der Waals surface area contributed by atoms with E-state index in [2.05, 4.69) is 36.4 Å². The van der Waals surface area contributed by atoms with Gasteiger partial charge < -0.3 is 5.32 Å². The summed E-state index contributed by atoms with van der Waals surface area (Å²) in [5.74, 6) is -0.138. The maximum absolute atomic E-state index is 13.1. The summed E-state index contributed by atoms with van der Waals surface area (Å²) in [6.45, 7) is 1.73. The first-order chi connectivity index (χ1) is 12.4. The minimum Gasteiger partial charge on any atom is -0.324 e. The van der Waals surface area contributed by atoms with Crippen molar-refractivity contribution < 1.29 is 9.18 Å². The second-order valence-corrected chi connectivity index (χ2v) is 7.89. The molecule has 134 valence electrons. The van der Waals surface area contributed by atoms with Crippen LogP contribution in [0.4, 0.5) is 10.1 Å². The Morgan fingerprint density at radius 3 is 2.85 bits per heavy atom. The van der Waals surface area contributed by atoms with Crippen molar-refractivity contribution in [3.63, 3.8) is 0 Å². The van der Waals surface area contributed by atoms with Crippen LogP contribution in [0.1, 0.15) is 6.92 Å². The molecule has 0 aliphatic carbocycles. The van der Waals surface area contributed by atoms with E-state index in [4.69, 9.17) is 11.6 Å². The molecule has 2 aromatic carbocycles. The van der Waals surface area contributed by atoms with Crippen molar-refractivity contribution in [3.05, 3.63) is 57.8 Å². The second-order valence-electron chi connectivity index (χ2n) is 5.32. The van der Waals surface area contributed by atoms with Gasteiger partial charge in [-0.2, -0.15) is 0 Å². The summed E-state index contributed by atoms with van der Waals surface area (Å²) in [5.41, 5.74) is 1.23. The average molecular weight is 456 g/mol. The molecule has 1 atom stereocenters. The Hall–Kier alpha value is -1.90. The molecule has 1 aromatic heterocycles. The second kappa shape index (κ2) is 8.20. The van der Waals surface area contributed by atoms with E-state index < -0.39 is 11.1 Å². The molecule has 1 heterocycles. The van der Waals surface area contributed by atoms with Gasteiger partial charge >= 0.3 is 0 Å². The molecule has 9 heteroatoms. The summed E-state index contributed by atoms with van der Waals surface area (Å²) in [6, 6.07) is 11.4. The molecule has 0 bridgehead atoms. The van der Waals surface area contributed by atoms with E-state index >= 15 is 0 Å². The highest BCUT2D eigenvalue weighted by Crippen LogP contribution is 2.28. The van der Waals surface area contributed by atoms with Gasteiger partial charge in [0.15, 0.2) is 5.82 Å². The monoisotopic (exact) mass is 454 g/mol. The number of hydrogen-bond acceptors (Lipinski definition) is 4. The lowest BCUT2D eigenvalue weighted by Gasteiger charge is -2.11. The third-order valence-electron chi connectivity index (χ3n) is 3.43. The Bertz CT molecular complexity index is 952. The van der Waals surface area contributed by atoms with Crippen molar-refractivity contribution in [2.45, 2.75) is 17.3 Å². The van der Waals surface area contributed by atoms with Gasteiger partial charge in [-0.3, -0.25) is 9.89 Å². The van der Waals surface area contributed by atoms with Crippen molar-refractivity contribution in [1.29, 1.82) is 0 Å². The van der Waals surface area contributed by atoms with Crippen LogP contribution in [-0.4, -0.2) is 26.3 Å². The predicted molar refractivity (Wildman–Crippen MR) is 105 cm³/mol. The zero-order valence-corrected chi connectivity index (χ0v) is 16.6. The van der Waals surface area contributed by atoms with Crippen molar-refractivity contribution in [2.24, 2.45) is 0 Å². The molecular formula is C17H13BrClFN4OS. The number of halogens is 3. The number of nitrogens with one attached hydrogen (secondary N) is 2. The number of nitrogens with zero attached hydrogens (tertiary/aromatic N) is 2. The summed E-state index contributed by atoms with van der Waals surface area (Å²) in [6.07, 6.45) is 0. The molecule has 0 saturated heterocycles. The number of hydrogen-bond donors (Lipinski definition) is 2. The van der Waals surface area contributed by atoms with E-state index in [1.807, 2.05) is 24.3 Å². The van der Waals surface area contributed by atoms with Gasteiger partial charge in [0.1, 0.15) is 5.82 Å². The molecule has 0 aliphatic rings. The van der Waals surface area contributed by atoms with Crippen LogP contribution in [0.3, 0.4) is 0 Å². The predicted octanol–water partition coefficient (Wildman–Crippen LogP) is 5.15. The number of thioether (sulfide) groups is 1. The molecule has 3 rings (SSSR count). The number of rotatable bonds is 5.